The molecule has 216 valence electrons. The van der Waals surface area contributed by atoms with Crippen LogP contribution in [0.4, 0.5) is 22.4 Å². The fraction of sp³-hybridized carbons (Fsp3) is 0.560. The Morgan fingerprint density at radius 2 is 2.02 bits per heavy atom. The van der Waals surface area contributed by atoms with Gasteiger partial charge in [0.1, 0.15) is 23.3 Å². The lowest BCUT2D eigenvalue weighted by molar-refractivity contribution is -0.0503. The topological polar surface area (TPSA) is 136 Å². The zero-order valence-electron chi connectivity index (χ0n) is 21.7. The average Bonchev–Trinajstić information content (AvgIpc) is 3.63. The Kier molecular flexibility index (Phi) is 7.66. The van der Waals surface area contributed by atoms with Crippen molar-refractivity contribution in [2.24, 2.45) is 5.92 Å². The Morgan fingerprint density at radius 1 is 1.27 bits per heavy atom. The summed E-state index contributed by atoms with van der Waals surface area (Å²) in [5.74, 6) is -3.67. The molecule has 3 amide bonds. The summed E-state index contributed by atoms with van der Waals surface area (Å²) in [4.78, 5) is 31.3. The Morgan fingerprint density at radius 3 is 2.65 bits per heavy atom. The lowest BCUT2D eigenvalue weighted by Gasteiger charge is -2.32. The Balaban J connectivity index is 1.45. The highest BCUT2D eigenvalue weighted by Crippen LogP contribution is 2.42. The van der Waals surface area contributed by atoms with Gasteiger partial charge in [-0.1, -0.05) is 11.2 Å². The molecule has 2 aromatic heterocycles. The summed E-state index contributed by atoms with van der Waals surface area (Å²) in [6.07, 6.45) is -3.14. The van der Waals surface area contributed by atoms with Crippen LogP contribution in [0.5, 0.6) is 0 Å². The van der Waals surface area contributed by atoms with E-state index in [0.29, 0.717) is 16.7 Å². The van der Waals surface area contributed by atoms with E-state index >= 15 is 0 Å². The second-order valence-corrected chi connectivity index (χ2v) is 10.1. The predicted molar refractivity (Wildman–Crippen MR) is 130 cm³/mol. The fourth-order valence-electron chi connectivity index (χ4n) is 5.24. The Bertz CT molecular complexity index is 1370. The van der Waals surface area contributed by atoms with Gasteiger partial charge in [-0.05, 0) is 48.5 Å². The van der Waals surface area contributed by atoms with Gasteiger partial charge < -0.3 is 24.7 Å². The van der Waals surface area contributed by atoms with E-state index in [4.69, 9.17) is 9.15 Å². The Hall–Kier alpha value is -3.75. The molecule has 2 aliphatic rings. The van der Waals surface area contributed by atoms with Crippen LogP contribution in [0.25, 0.3) is 11.1 Å². The number of fused-ring (bicyclic) bond motifs is 1. The number of hydrogen-bond donors (Lipinski definition) is 2. The third-order valence-electron chi connectivity index (χ3n) is 7.43. The second kappa shape index (κ2) is 11.0. The van der Waals surface area contributed by atoms with Crippen molar-refractivity contribution in [2.75, 3.05) is 20.3 Å². The van der Waals surface area contributed by atoms with Gasteiger partial charge >= 0.3 is 6.03 Å². The van der Waals surface area contributed by atoms with Crippen molar-refractivity contribution in [1.29, 1.82) is 0 Å². The fourth-order valence-corrected chi connectivity index (χ4v) is 5.24. The van der Waals surface area contributed by atoms with Gasteiger partial charge in [0, 0.05) is 26.5 Å². The molecule has 15 heteroatoms. The van der Waals surface area contributed by atoms with Crippen LogP contribution in [0.1, 0.15) is 65.4 Å². The Labute approximate surface area is 225 Å². The number of benzene rings is 1. The molecule has 1 aromatic carbocycles. The molecule has 3 aromatic rings. The summed E-state index contributed by atoms with van der Waals surface area (Å²) in [5.41, 5.74) is 1.52. The first-order valence-corrected chi connectivity index (χ1v) is 12.8. The molecule has 0 bridgehead atoms. The van der Waals surface area contributed by atoms with E-state index in [-0.39, 0.29) is 56.1 Å². The molecule has 0 radical (unpaired) electrons. The van der Waals surface area contributed by atoms with Gasteiger partial charge in [0.05, 0.1) is 12.6 Å². The summed E-state index contributed by atoms with van der Waals surface area (Å²) in [7, 11) is 1.44. The van der Waals surface area contributed by atoms with Gasteiger partial charge in [-0.15, -0.1) is 0 Å². The SMILES string of the molecule is COC[C@H](c1ccc2oc([C@@H](NC(=O)c3nonc3C)C3CCC(F)(F)CC3)nc2c1)N1C[C@@H](C(F)F)NC1=O. The maximum absolute atomic E-state index is 13.9. The summed E-state index contributed by atoms with van der Waals surface area (Å²) in [5, 5.41) is 12.3. The summed E-state index contributed by atoms with van der Waals surface area (Å²) >= 11 is 0. The van der Waals surface area contributed by atoms with Crippen molar-refractivity contribution in [3.63, 3.8) is 0 Å². The number of carbonyl (C=O) groups is 2. The molecule has 0 unspecified atom stereocenters. The molecule has 3 heterocycles. The quantitative estimate of drug-likeness (QED) is 0.368. The average molecular weight is 569 g/mol. The third kappa shape index (κ3) is 5.60. The summed E-state index contributed by atoms with van der Waals surface area (Å²) in [6.45, 7) is 1.38. The number of nitrogens with one attached hydrogen (secondary N) is 2. The number of hydrogen-bond acceptors (Lipinski definition) is 8. The first-order chi connectivity index (χ1) is 19.1. The molecule has 5 rings (SSSR count). The molecule has 2 fully saturated rings. The van der Waals surface area contributed by atoms with Crippen LogP contribution in [0, 0.1) is 12.8 Å². The zero-order valence-corrected chi connectivity index (χ0v) is 21.7. The van der Waals surface area contributed by atoms with Crippen LogP contribution < -0.4 is 10.6 Å². The monoisotopic (exact) mass is 568 g/mol. The van der Waals surface area contributed by atoms with Crippen molar-refractivity contribution in [3.05, 3.63) is 41.0 Å². The summed E-state index contributed by atoms with van der Waals surface area (Å²) < 4.78 is 70.2. The van der Waals surface area contributed by atoms with Crippen molar-refractivity contribution in [3.8, 4) is 0 Å². The van der Waals surface area contributed by atoms with E-state index in [0.717, 1.165) is 0 Å². The lowest BCUT2D eigenvalue weighted by Crippen LogP contribution is -2.37. The minimum absolute atomic E-state index is 0.0413. The first kappa shape index (κ1) is 27.8. The normalized spacial score (nSPS) is 21.1. The van der Waals surface area contributed by atoms with Gasteiger partial charge in [-0.25, -0.2) is 32.0 Å². The van der Waals surface area contributed by atoms with Gasteiger partial charge in [-0.2, -0.15) is 0 Å². The molecule has 1 aliphatic carbocycles. The van der Waals surface area contributed by atoms with Crippen LogP contribution in [0.2, 0.25) is 0 Å². The predicted octanol–water partition coefficient (Wildman–Crippen LogP) is 4.16. The van der Waals surface area contributed by atoms with Crippen LogP contribution in [0.3, 0.4) is 0 Å². The van der Waals surface area contributed by atoms with Crippen LogP contribution in [0.15, 0.2) is 27.2 Å². The number of nitrogens with zero attached hydrogens (tertiary/aromatic N) is 4. The maximum Gasteiger partial charge on any atom is 0.318 e. The smallest absolute Gasteiger partial charge is 0.318 e. The van der Waals surface area contributed by atoms with Gasteiger partial charge in [0.2, 0.25) is 11.8 Å². The molecule has 1 aliphatic heterocycles. The van der Waals surface area contributed by atoms with Crippen LogP contribution >= 0.6 is 0 Å². The number of carbonyl (C=O) groups excluding carboxylic acids is 2. The van der Waals surface area contributed by atoms with E-state index in [2.05, 4.69) is 30.6 Å². The largest absolute Gasteiger partial charge is 0.438 e. The number of methoxy groups -OCH3 is 1. The minimum Gasteiger partial charge on any atom is -0.438 e. The van der Waals surface area contributed by atoms with Gasteiger partial charge in [-0.3, -0.25) is 4.79 Å². The minimum atomic E-state index is -2.78. The van der Waals surface area contributed by atoms with Crippen LogP contribution in [-0.4, -0.2) is 70.8 Å². The van der Waals surface area contributed by atoms with E-state index < -0.39 is 48.3 Å². The highest BCUT2D eigenvalue weighted by Gasteiger charge is 2.41. The number of rotatable bonds is 9. The third-order valence-corrected chi connectivity index (χ3v) is 7.43. The highest BCUT2D eigenvalue weighted by molar-refractivity contribution is 5.93. The standard InChI is InChI=1S/C25H28F4N6O5/c1-12-19(34-40-33-12)22(36)32-20(13-5-7-25(28,29)8-6-13)23-30-15-9-14(3-4-18(15)39-23)17(11-38-2)35-10-16(21(26)27)31-24(35)37/h3-4,9,13,16-17,20-21H,5-8,10-11H2,1-2H3,(H,31,37)(H,32,36)/t16-,17+,20-/m0/s1. The van der Waals surface area contributed by atoms with Crippen molar-refractivity contribution in [2.45, 2.75) is 63.1 Å². The molecule has 1 saturated carbocycles. The number of amides is 3. The van der Waals surface area contributed by atoms with Crippen LogP contribution in [-0.2, 0) is 4.74 Å². The number of aromatic nitrogens is 3. The molecule has 40 heavy (non-hydrogen) atoms. The van der Waals surface area contributed by atoms with E-state index in [1.165, 1.54) is 12.0 Å². The molecule has 0 spiro atoms. The molecular weight excluding hydrogens is 540 g/mol. The number of ether oxygens (including phenoxy) is 1. The first-order valence-electron chi connectivity index (χ1n) is 12.8. The molecular formula is C25H28F4N6O5. The number of halogens is 4. The highest BCUT2D eigenvalue weighted by atomic mass is 19.3. The number of urea groups is 1. The van der Waals surface area contributed by atoms with E-state index in [1.807, 2.05) is 0 Å². The lowest BCUT2D eigenvalue weighted by atomic mass is 9.82. The number of aryl methyl sites for hydroxylation is 1. The van der Waals surface area contributed by atoms with Crippen molar-refractivity contribution in [1.82, 2.24) is 30.8 Å². The molecule has 3 atom stereocenters. The van der Waals surface area contributed by atoms with E-state index in [1.54, 1.807) is 25.1 Å². The molecule has 11 nitrogen and oxygen atoms in total. The second-order valence-electron chi connectivity index (χ2n) is 10.1. The van der Waals surface area contributed by atoms with Crippen molar-refractivity contribution < 1.29 is 40.9 Å². The summed E-state index contributed by atoms with van der Waals surface area (Å²) in [6, 6.07) is 1.46. The molecule has 1 saturated heterocycles. The van der Waals surface area contributed by atoms with Crippen molar-refractivity contribution >= 4 is 23.0 Å². The van der Waals surface area contributed by atoms with Gasteiger partial charge in [0.25, 0.3) is 12.3 Å². The number of alkyl halides is 4. The van der Waals surface area contributed by atoms with Gasteiger partial charge in [0.15, 0.2) is 11.3 Å². The molecule has 2 N–H and O–H groups in total. The van der Waals surface area contributed by atoms with E-state index in [9.17, 15) is 27.2 Å². The maximum atomic E-state index is 13.9. The zero-order chi connectivity index (χ0) is 28.6. The number of oxazole rings is 1.